The lowest BCUT2D eigenvalue weighted by Crippen LogP contribution is -2.61. The Bertz CT molecular complexity index is 1090. The number of rotatable bonds is 16. The van der Waals surface area contributed by atoms with E-state index in [2.05, 4.69) is 21.3 Å². The lowest BCUT2D eigenvalue weighted by Gasteiger charge is -2.30. The molecule has 0 heterocycles. The number of ether oxygens (including phenoxy) is 2. The molecule has 42 heavy (non-hydrogen) atoms. The minimum Gasteiger partial charge on any atom is -0.467 e. The highest BCUT2D eigenvalue weighted by molar-refractivity contribution is 5.96. The van der Waals surface area contributed by atoms with Crippen LogP contribution in [0.15, 0.2) is 30.3 Å². The average molecular weight is 592 g/mol. The molecule has 13 heteroatoms. The average Bonchev–Trinajstić information content (AvgIpc) is 2.92. The van der Waals surface area contributed by atoms with Gasteiger partial charge >= 0.3 is 12.1 Å². The Morgan fingerprint density at radius 3 is 2.02 bits per heavy atom. The molecular weight excluding hydrogens is 546 g/mol. The van der Waals surface area contributed by atoms with Crippen LogP contribution in [0.4, 0.5) is 4.79 Å². The molecule has 0 bridgehead atoms. The van der Waals surface area contributed by atoms with Crippen LogP contribution in [-0.2, 0) is 40.1 Å². The molecule has 0 saturated heterocycles. The van der Waals surface area contributed by atoms with E-state index < -0.39 is 71.7 Å². The second-order valence-corrected chi connectivity index (χ2v) is 11.1. The van der Waals surface area contributed by atoms with Gasteiger partial charge < -0.3 is 36.5 Å². The molecular formula is C29H45N5O8. The van der Waals surface area contributed by atoms with Crippen molar-refractivity contribution in [3.8, 4) is 0 Å². The molecule has 1 rings (SSSR count). The second kappa shape index (κ2) is 16.9. The number of methoxy groups -OCH3 is 1. The Balaban J connectivity index is 3.07. The van der Waals surface area contributed by atoms with Gasteiger partial charge in [-0.3, -0.25) is 19.2 Å². The molecule has 1 aromatic rings. The van der Waals surface area contributed by atoms with E-state index >= 15 is 0 Å². The van der Waals surface area contributed by atoms with Gasteiger partial charge in [0, 0.05) is 0 Å². The first-order valence-electron chi connectivity index (χ1n) is 13.9. The zero-order chi connectivity index (χ0) is 32.0. The van der Waals surface area contributed by atoms with Gasteiger partial charge in [-0.05, 0) is 37.7 Å². The third-order valence-electron chi connectivity index (χ3n) is 6.49. The number of alkyl carbamates (subject to hydrolysis) is 1. The van der Waals surface area contributed by atoms with Crippen molar-refractivity contribution < 1.29 is 38.2 Å². The van der Waals surface area contributed by atoms with Gasteiger partial charge in [-0.15, -0.1) is 0 Å². The van der Waals surface area contributed by atoms with Crippen molar-refractivity contribution in [1.29, 1.82) is 0 Å². The van der Waals surface area contributed by atoms with E-state index in [1.807, 2.05) is 20.8 Å². The number of amides is 5. The molecule has 13 nitrogen and oxygen atoms in total. The standard InChI is InChI=1S/C29H45N5O8/c1-8-18(4)23(26(38)31-20(14-17(2)3)25(37)34-29(5,6)27(39)41-7)33-24(36)21(15-22(30)35)32-28(40)42-16-19-12-10-9-11-13-19/h9-13,17-18,20-21,23H,8,14-16H2,1-7H3,(H2,30,35)(H,31,38)(H,32,40)(H,33,36)(H,34,37)/t18-,20-,21-,23-/m0/s1. The molecule has 0 aromatic heterocycles. The fourth-order valence-electron chi connectivity index (χ4n) is 3.94. The monoisotopic (exact) mass is 591 g/mol. The molecule has 4 atom stereocenters. The van der Waals surface area contributed by atoms with E-state index in [0.717, 1.165) is 0 Å². The van der Waals surface area contributed by atoms with Crippen molar-refractivity contribution in [2.75, 3.05) is 7.11 Å². The van der Waals surface area contributed by atoms with Crippen LogP contribution in [0, 0.1) is 11.8 Å². The van der Waals surface area contributed by atoms with Gasteiger partial charge in [-0.25, -0.2) is 9.59 Å². The third-order valence-corrected chi connectivity index (χ3v) is 6.49. The fraction of sp³-hybridized carbons (Fsp3) is 0.586. The summed E-state index contributed by atoms with van der Waals surface area (Å²) >= 11 is 0. The highest BCUT2D eigenvalue weighted by atomic mass is 16.5. The molecule has 6 N–H and O–H groups in total. The summed E-state index contributed by atoms with van der Waals surface area (Å²) in [6.45, 7) is 10.2. The molecule has 0 saturated carbocycles. The van der Waals surface area contributed by atoms with E-state index in [4.69, 9.17) is 15.2 Å². The van der Waals surface area contributed by atoms with Crippen LogP contribution in [-0.4, -0.2) is 66.5 Å². The number of nitrogens with two attached hydrogens (primary N) is 1. The number of nitrogens with one attached hydrogen (secondary N) is 4. The highest BCUT2D eigenvalue weighted by Gasteiger charge is 2.36. The fourth-order valence-corrected chi connectivity index (χ4v) is 3.94. The summed E-state index contributed by atoms with van der Waals surface area (Å²) in [4.78, 5) is 76.0. The summed E-state index contributed by atoms with van der Waals surface area (Å²) in [6.07, 6.45) is -0.773. The molecule has 0 radical (unpaired) electrons. The van der Waals surface area contributed by atoms with Crippen LogP contribution in [0.25, 0.3) is 0 Å². The maximum Gasteiger partial charge on any atom is 0.408 e. The van der Waals surface area contributed by atoms with Gasteiger partial charge in [0.15, 0.2) is 0 Å². The number of carbonyl (C=O) groups excluding carboxylic acids is 6. The zero-order valence-corrected chi connectivity index (χ0v) is 25.4. The Labute approximate surface area is 247 Å². The topological polar surface area (TPSA) is 195 Å². The molecule has 1 aromatic carbocycles. The summed E-state index contributed by atoms with van der Waals surface area (Å²) < 4.78 is 9.89. The first kappa shape index (κ1) is 35.9. The van der Waals surface area contributed by atoms with Gasteiger partial charge in [0.1, 0.15) is 30.3 Å². The van der Waals surface area contributed by atoms with E-state index in [-0.39, 0.29) is 18.9 Å². The molecule has 0 unspecified atom stereocenters. The SMILES string of the molecule is CC[C@H](C)[C@H](NC(=O)[C@H](CC(N)=O)NC(=O)OCc1ccccc1)C(=O)N[C@@H](CC(C)C)C(=O)NC(C)(C)C(=O)OC. The van der Waals surface area contributed by atoms with Gasteiger partial charge in [-0.2, -0.15) is 0 Å². The minimum absolute atomic E-state index is 0.00928. The Hall–Kier alpha value is -4.16. The van der Waals surface area contributed by atoms with Gasteiger partial charge in [-0.1, -0.05) is 64.4 Å². The maximum absolute atomic E-state index is 13.5. The summed E-state index contributed by atoms with van der Waals surface area (Å²) in [5, 5.41) is 10.2. The van der Waals surface area contributed by atoms with Crippen LogP contribution >= 0.6 is 0 Å². The van der Waals surface area contributed by atoms with Crippen LogP contribution in [0.5, 0.6) is 0 Å². The predicted octanol–water partition coefficient (Wildman–Crippen LogP) is 1.29. The normalized spacial score (nSPS) is 14.0. The van der Waals surface area contributed by atoms with E-state index in [1.165, 1.54) is 21.0 Å². The number of hydrogen-bond acceptors (Lipinski definition) is 8. The van der Waals surface area contributed by atoms with Gasteiger partial charge in [0.05, 0.1) is 13.5 Å². The van der Waals surface area contributed by atoms with E-state index in [1.54, 1.807) is 37.3 Å². The second-order valence-electron chi connectivity index (χ2n) is 11.1. The highest BCUT2D eigenvalue weighted by Crippen LogP contribution is 2.13. The first-order chi connectivity index (χ1) is 19.6. The van der Waals surface area contributed by atoms with Crippen molar-refractivity contribution in [1.82, 2.24) is 21.3 Å². The number of esters is 1. The van der Waals surface area contributed by atoms with Crippen LogP contribution in [0.1, 0.15) is 66.4 Å². The summed E-state index contributed by atoms with van der Waals surface area (Å²) in [5.41, 5.74) is 4.67. The Morgan fingerprint density at radius 1 is 0.881 bits per heavy atom. The molecule has 5 amide bonds. The van der Waals surface area contributed by atoms with E-state index in [9.17, 15) is 28.8 Å². The van der Waals surface area contributed by atoms with Crippen LogP contribution in [0.2, 0.25) is 0 Å². The Kier molecular flexibility index (Phi) is 14.5. The molecule has 0 aliphatic carbocycles. The van der Waals surface area contributed by atoms with Gasteiger partial charge in [0.25, 0.3) is 0 Å². The quantitative estimate of drug-likeness (QED) is 0.177. The molecule has 0 spiro atoms. The van der Waals surface area contributed by atoms with Crippen LogP contribution in [0.3, 0.4) is 0 Å². The van der Waals surface area contributed by atoms with Gasteiger partial charge in [0.2, 0.25) is 23.6 Å². The minimum atomic E-state index is -1.42. The van der Waals surface area contributed by atoms with Crippen molar-refractivity contribution in [3.05, 3.63) is 35.9 Å². The molecule has 0 fully saturated rings. The number of hydrogen-bond donors (Lipinski definition) is 5. The summed E-state index contributed by atoms with van der Waals surface area (Å²) in [6, 6.07) is 5.28. The summed E-state index contributed by atoms with van der Waals surface area (Å²) in [7, 11) is 1.20. The van der Waals surface area contributed by atoms with E-state index in [0.29, 0.717) is 12.0 Å². The molecule has 234 valence electrons. The number of carbonyl (C=O) groups is 6. The van der Waals surface area contributed by atoms with Crippen molar-refractivity contribution in [2.45, 2.75) is 91.1 Å². The lowest BCUT2D eigenvalue weighted by molar-refractivity contribution is -0.149. The molecule has 0 aliphatic heterocycles. The van der Waals surface area contributed by atoms with Crippen molar-refractivity contribution in [2.24, 2.45) is 17.6 Å². The third kappa shape index (κ3) is 12.1. The smallest absolute Gasteiger partial charge is 0.408 e. The largest absolute Gasteiger partial charge is 0.467 e. The van der Waals surface area contributed by atoms with Crippen LogP contribution < -0.4 is 27.0 Å². The van der Waals surface area contributed by atoms with Crippen molar-refractivity contribution in [3.63, 3.8) is 0 Å². The number of primary amides is 1. The zero-order valence-electron chi connectivity index (χ0n) is 25.4. The predicted molar refractivity (Wildman–Crippen MR) is 154 cm³/mol. The summed E-state index contributed by atoms with van der Waals surface area (Å²) in [5.74, 6) is -4.01. The first-order valence-corrected chi connectivity index (χ1v) is 13.9. The molecule has 0 aliphatic rings. The number of benzene rings is 1. The van der Waals surface area contributed by atoms with Crippen molar-refractivity contribution >= 4 is 35.7 Å². The Morgan fingerprint density at radius 2 is 1.50 bits per heavy atom. The lowest BCUT2D eigenvalue weighted by atomic mass is 9.95. The maximum atomic E-state index is 13.5.